The number of allylic oxidation sites excluding steroid dienone is 2. The average molecular weight is 757 g/mol. The zero-order chi connectivity index (χ0) is 30.3. The molecule has 2 aromatic carbocycles. The van der Waals surface area contributed by atoms with Crippen molar-refractivity contribution in [3.05, 3.63) is 87.9 Å². The summed E-state index contributed by atoms with van der Waals surface area (Å²) >= 11 is 0. The third kappa shape index (κ3) is 11.2. The van der Waals surface area contributed by atoms with E-state index in [0.29, 0.717) is 9.69 Å². The Hall–Kier alpha value is 1.38. The van der Waals surface area contributed by atoms with Crippen LogP contribution in [-0.4, -0.2) is 59.3 Å². The van der Waals surface area contributed by atoms with Gasteiger partial charge >= 0.3 is 206 Å². The average Bonchev–Trinajstić information content (AvgIpc) is 3.40. The van der Waals surface area contributed by atoms with Crippen molar-refractivity contribution in [2.45, 2.75) is 9.79 Å². The van der Waals surface area contributed by atoms with Crippen LogP contribution in [0.2, 0.25) is 0 Å². The normalized spacial score (nSPS) is 13.7. The van der Waals surface area contributed by atoms with Crippen LogP contribution < -0.4 is 226 Å². The van der Waals surface area contributed by atoms with Crippen molar-refractivity contribution in [3.63, 3.8) is 0 Å². The first-order valence-electron chi connectivity index (χ1n) is 10.8. The summed E-state index contributed by atoms with van der Waals surface area (Å²) in [7, 11) is -9.58. The molecule has 0 spiro atoms. The van der Waals surface area contributed by atoms with E-state index in [9.17, 15) is 55.3 Å². The number of carboxylic acid groups (broad SMARTS) is 2. The zero-order valence-electron chi connectivity index (χ0n) is 23.9. The number of hydrogen-bond donors (Lipinski definition) is 1. The molecule has 1 N–H and O–H groups in total. The number of nitrogens with one attached hydrogen (secondary N) is 1. The molecule has 212 valence electrons. The number of carbonyl (C=O) groups excluding carboxylic acids is 3. The van der Waals surface area contributed by atoms with Gasteiger partial charge in [0.2, 0.25) is 0 Å². The van der Waals surface area contributed by atoms with Crippen LogP contribution >= 0.6 is 0 Å². The molecule has 0 atom stereocenters. The molecular weight excluding hydrogens is 745 g/mol. The Bertz CT molecular complexity index is 1990. The Morgan fingerprint density at radius 1 is 0.756 bits per heavy atom. The number of aromatic carboxylic acids is 1. The number of aromatic nitrogens is 2. The Morgan fingerprint density at radius 3 is 1.64 bits per heavy atom. The van der Waals surface area contributed by atoms with E-state index in [1.54, 1.807) is 0 Å². The van der Waals surface area contributed by atoms with Crippen molar-refractivity contribution < 1.29 is 256 Å². The van der Waals surface area contributed by atoms with Gasteiger partial charge in [-0.1, -0.05) is 6.08 Å². The van der Waals surface area contributed by atoms with Crippen LogP contribution in [-0.2, 0) is 29.8 Å². The number of benzene rings is 2. The Kier molecular flexibility index (Phi) is 19.7. The van der Waals surface area contributed by atoms with Crippen LogP contribution in [0.25, 0.3) is 11.8 Å². The molecule has 1 aliphatic heterocycles. The van der Waals surface area contributed by atoms with Crippen molar-refractivity contribution in [2.24, 2.45) is 5.10 Å². The summed E-state index contributed by atoms with van der Waals surface area (Å²) in [5.41, 5.74) is -3.76. The van der Waals surface area contributed by atoms with Crippen LogP contribution in [0.4, 0.5) is 5.69 Å². The molecular formula is C23H12K4N4O12S2. The van der Waals surface area contributed by atoms with Crippen molar-refractivity contribution in [3.8, 4) is 5.69 Å². The fourth-order valence-corrected chi connectivity index (χ4v) is 4.53. The number of carbonyl (C=O) groups is 3. The van der Waals surface area contributed by atoms with Gasteiger partial charge in [0.15, 0.2) is 0 Å². The number of aromatic amines is 1. The van der Waals surface area contributed by atoms with Crippen LogP contribution in [0.3, 0.4) is 0 Å². The molecule has 0 unspecified atom stereocenters. The van der Waals surface area contributed by atoms with E-state index in [4.69, 9.17) is 0 Å². The van der Waals surface area contributed by atoms with Gasteiger partial charge in [0, 0.05) is 0 Å². The van der Waals surface area contributed by atoms with Gasteiger partial charge in [0.05, 0.1) is 49.9 Å². The maximum Gasteiger partial charge on any atom is 1.00 e. The number of rotatable bonds is 8. The number of hydrazone groups is 1. The Morgan fingerprint density at radius 2 is 1.22 bits per heavy atom. The van der Waals surface area contributed by atoms with E-state index in [0.717, 1.165) is 66.8 Å². The summed E-state index contributed by atoms with van der Waals surface area (Å²) < 4.78 is 67.4. The predicted octanol–water partition coefficient (Wildman–Crippen LogP) is -14.6. The van der Waals surface area contributed by atoms with E-state index in [-0.39, 0.29) is 217 Å². The minimum absolute atomic E-state index is 0. The largest absolute Gasteiger partial charge is 1.00 e. The van der Waals surface area contributed by atoms with Crippen molar-refractivity contribution in [2.75, 3.05) is 5.01 Å². The molecule has 0 fully saturated rings. The molecule has 0 radical (unpaired) electrons. The van der Waals surface area contributed by atoms with Crippen LogP contribution in [0.1, 0.15) is 16.1 Å². The van der Waals surface area contributed by atoms with E-state index in [1.807, 2.05) is 0 Å². The molecule has 0 saturated heterocycles. The second kappa shape index (κ2) is 19.1. The number of aliphatic carboxylic acids is 1. The smallest absolute Gasteiger partial charge is 0.744 e. The molecule has 1 aromatic heterocycles. The molecule has 45 heavy (non-hydrogen) atoms. The summed E-state index contributed by atoms with van der Waals surface area (Å²) in [6.45, 7) is 0. The molecule has 1 amide bonds. The molecule has 3 aromatic rings. The summed E-state index contributed by atoms with van der Waals surface area (Å²) in [6, 6.07) is 7.74. The summed E-state index contributed by atoms with van der Waals surface area (Å²) in [6.07, 6.45) is 2.79. The van der Waals surface area contributed by atoms with E-state index in [2.05, 4.69) is 10.2 Å². The summed E-state index contributed by atoms with van der Waals surface area (Å²) in [5.74, 6) is -4.72. The van der Waals surface area contributed by atoms with Gasteiger partial charge in [-0.25, -0.2) is 21.5 Å². The topological polar surface area (TPSA) is 265 Å². The van der Waals surface area contributed by atoms with Crippen LogP contribution in [0.5, 0.6) is 0 Å². The van der Waals surface area contributed by atoms with Gasteiger partial charge in [-0.15, -0.1) is 0 Å². The molecule has 0 aliphatic carbocycles. The number of nitrogens with zero attached hydrogens (tertiary/aromatic N) is 3. The van der Waals surface area contributed by atoms with Gasteiger partial charge in [0.25, 0.3) is 11.5 Å². The third-order valence-electron chi connectivity index (χ3n) is 5.48. The van der Waals surface area contributed by atoms with Crippen molar-refractivity contribution >= 4 is 55.6 Å². The molecule has 16 nitrogen and oxygen atoms in total. The molecule has 1 aliphatic rings. The van der Waals surface area contributed by atoms with Gasteiger partial charge in [-0.3, -0.25) is 14.7 Å². The standard InChI is InChI=1S/C23H16N4O12S2.4K/c28-20-16(18(22(30)31)24-26(20)12-4-8-14(9-5-12)40(34,35)36)2-1-3-17-19(23(32)33)25-27(21(17)29)13-6-10-15(11-7-13)41(37,38)39;;;;/h1-11,24H,(H,30,31)(H,32,33)(H,34,35,36)(H,37,38,39);;;;/q;4*+1/p-4/b2-1+,17-3?;;;;. The van der Waals surface area contributed by atoms with Gasteiger partial charge in [-0.2, -0.15) is 10.1 Å². The summed E-state index contributed by atoms with van der Waals surface area (Å²) in [5, 5.41) is 29.7. The third-order valence-corrected chi connectivity index (χ3v) is 7.18. The van der Waals surface area contributed by atoms with E-state index in [1.165, 1.54) is 0 Å². The first-order valence-corrected chi connectivity index (χ1v) is 13.6. The maximum absolute atomic E-state index is 12.9. The first kappa shape index (κ1) is 46.4. The Balaban J connectivity index is 0.00000484. The van der Waals surface area contributed by atoms with Gasteiger partial charge in [0.1, 0.15) is 25.9 Å². The molecule has 0 bridgehead atoms. The monoisotopic (exact) mass is 756 g/mol. The van der Waals surface area contributed by atoms with Crippen LogP contribution in [0, 0.1) is 0 Å². The quantitative estimate of drug-likeness (QED) is 0.128. The zero-order valence-corrected chi connectivity index (χ0v) is 38.0. The SMILES string of the molecule is O=C([O-])C1=NN(c2ccc(S(=O)(=O)[O-])cc2)C(=O)C1=C/C=C/c1c(C(=O)[O-])[nH]n(-c2ccc(S(=O)(=O)[O-])cc2)c1=O.[K+].[K+].[K+].[K+]. The number of amides is 1. The van der Waals surface area contributed by atoms with Crippen molar-refractivity contribution in [1.82, 2.24) is 9.78 Å². The number of anilines is 1. The fraction of sp³-hybridized carbons (Fsp3) is 0. The first-order chi connectivity index (χ1) is 19.1. The van der Waals surface area contributed by atoms with Crippen molar-refractivity contribution in [1.29, 1.82) is 0 Å². The minimum Gasteiger partial charge on any atom is -0.744 e. The van der Waals surface area contributed by atoms with E-state index >= 15 is 0 Å². The molecule has 4 rings (SSSR count). The van der Waals surface area contributed by atoms with Crippen LogP contribution in [0.15, 0.2) is 85.9 Å². The second-order valence-electron chi connectivity index (χ2n) is 8.02. The number of carboxylic acids is 2. The minimum atomic E-state index is -4.79. The molecule has 2 heterocycles. The predicted molar refractivity (Wildman–Crippen MR) is 130 cm³/mol. The fourth-order valence-electron chi connectivity index (χ4n) is 3.59. The second-order valence-corrected chi connectivity index (χ2v) is 10.8. The molecule has 22 heteroatoms. The number of hydrogen-bond acceptors (Lipinski definition) is 13. The number of H-pyrrole nitrogens is 1. The maximum atomic E-state index is 12.9. The summed E-state index contributed by atoms with van der Waals surface area (Å²) in [4.78, 5) is 47.8. The van der Waals surface area contributed by atoms with Gasteiger partial charge in [-0.05, 0) is 60.7 Å². The van der Waals surface area contributed by atoms with Gasteiger partial charge < -0.3 is 28.9 Å². The van der Waals surface area contributed by atoms with E-state index < -0.39 is 76.0 Å². The molecule has 0 saturated carbocycles. The Labute approximate surface area is 424 Å².